The zero-order valence-corrected chi connectivity index (χ0v) is 13.0. The Hall–Kier alpha value is -3.14. The lowest BCUT2D eigenvalue weighted by Crippen LogP contribution is -2.13. The summed E-state index contributed by atoms with van der Waals surface area (Å²) in [4.78, 5) is 19.2. The van der Waals surface area contributed by atoms with E-state index in [1.807, 2.05) is 12.1 Å². The smallest absolute Gasteiger partial charge is 0.221 e. The van der Waals surface area contributed by atoms with Crippen molar-refractivity contribution in [2.24, 2.45) is 0 Å². The predicted octanol–water partition coefficient (Wildman–Crippen LogP) is 2.11. The molecule has 1 amide bonds. The van der Waals surface area contributed by atoms with Crippen LogP contribution in [0.5, 0.6) is 5.75 Å². The topological polar surface area (TPSA) is 99.9 Å². The van der Waals surface area contributed by atoms with Crippen LogP contribution in [-0.4, -0.2) is 29.0 Å². The molecule has 1 aromatic heterocycles. The van der Waals surface area contributed by atoms with E-state index in [-0.39, 0.29) is 5.91 Å². The summed E-state index contributed by atoms with van der Waals surface area (Å²) in [6.07, 6.45) is 0. The standard InChI is InChI=1S/C16H17N5O2/c1-11-19-14(10-17)9-16(20-11)18-6-7-23-15-5-3-4-13(8-15)21-12(2)22/h3-5,8-9H,6-7H2,1-2H3,(H,21,22)(H,18,19,20). The van der Waals surface area contributed by atoms with E-state index >= 15 is 0 Å². The van der Waals surface area contributed by atoms with E-state index in [0.717, 1.165) is 0 Å². The molecule has 1 heterocycles. The summed E-state index contributed by atoms with van der Waals surface area (Å²) < 4.78 is 5.61. The fourth-order valence-electron chi connectivity index (χ4n) is 1.93. The molecule has 7 nitrogen and oxygen atoms in total. The van der Waals surface area contributed by atoms with Gasteiger partial charge in [-0.25, -0.2) is 9.97 Å². The third kappa shape index (κ3) is 5.28. The van der Waals surface area contributed by atoms with Crippen LogP contribution in [-0.2, 0) is 4.79 Å². The number of nitrogens with one attached hydrogen (secondary N) is 2. The highest BCUT2D eigenvalue weighted by molar-refractivity contribution is 5.88. The van der Waals surface area contributed by atoms with Crippen LogP contribution in [0.1, 0.15) is 18.4 Å². The highest BCUT2D eigenvalue weighted by Gasteiger charge is 2.02. The minimum absolute atomic E-state index is 0.128. The second-order valence-corrected chi connectivity index (χ2v) is 4.78. The number of aromatic nitrogens is 2. The van der Waals surface area contributed by atoms with Crippen molar-refractivity contribution >= 4 is 17.4 Å². The largest absolute Gasteiger partial charge is 0.492 e. The molecule has 118 valence electrons. The molecule has 0 saturated heterocycles. The van der Waals surface area contributed by atoms with Crippen molar-refractivity contribution in [3.05, 3.63) is 41.9 Å². The molecule has 0 radical (unpaired) electrons. The summed E-state index contributed by atoms with van der Waals surface area (Å²) in [6, 6.07) is 10.7. The van der Waals surface area contributed by atoms with Gasteiger partial charge >= 0.3 is 0 Å². The SMILES string of the molecule is CC(=O)Nc1cccc(OCCNc2cc(C#N)nc(C)n2)c1. The van der Waals surface area contributed by atoms with Gasteiger partial charge in [-0.05, 0) is 19.1 Å². The summed E-state index contributed by atoms with van der Waals surface area (Å²) >= 11 is 0. The van der Waals surface area contributed by atoms with Crippen LogP contribution in [0.4, 0.5) is 11.5 Å². The molecule has 0 unspecified atom stereocenters. The maximum absolute atomic E-state index is 11.0. The third-order valence-electron chi connectivity index (χ3n) is 2.78. The lowest BCUT2D eigenvalue weighted by atomic mass is 10.3. The monoisotopic (exact) mass is 311 g/mol. The molecule has 0 atom stereocenters. The van der Waals surface area contributed by atoms with Gasteiger partial charge in [-0.1, -0.05) is 6.07 Å². The minimum Gasteiger partial charge on any atom is -0.492 e. The Morgan fingerprint density at radius 2 is 2.17 bits per heavy atom. The highest BCUT2D eigenvalue weighted by Crippen LogP contribution is 2.17. The Labute approximate surface area is 134 Å². The molecule has 0 aliphatic carbocycles. The van der Waals surface area contributed by atoms with Crippen LogP contribution in [0.25, 0.3) is 0 Å². The second-order valence-electron chi connectivity index (χ2n) is 4.78. The van der Waals surface area contributed by atoms with E-state index in [0.29, 0.717) is 41.9 Å². The van der Waals surface area contributed by atoms with Crippen molar-refractivity contribution in [2.75, 3.05) is 23.8 Å². The van der Waals surface area contributed by atoms with Crippen molar-refractivity contribution in [1.29, 1.82) is 5.26 Å². The molecule has 0 aliphatic rings. The fourth-order valence-corrected chi connectivity index (χ4v) is 1.93. The first-order valence-electron chi connectivity index (χ1n) is 7.07. The minimum atomic E-state index is -0.128. The van der Waals surface area contributed by atoms with Crippen LogP contribution in [0.2, 0.25) is 0 Å². The number of anilines is 2. The molecule has 23 heavy (non-hydrogen) atoms. The van der Waals surface area contributed by atoms with Crippen LogP contribution in [0.3, 0.4) is 0 Å². The number of carbonyl (C=O) groups is 1. The molecule has 0 aliphatic heterocycles. The van der Waals surface area contributed by atoms with Gasteiger partial charge in [0.1, 0.15) is 35.8 Å². The first-order chi connectivity index (χ1) is 11.1. The summed E-state index contributed by atoms with van der Waals surface area (Å²) in [7, 11) is 0. The number of amides is 1. The molecule has 2 N–H and O–H groups in total. The van der Waals surface area contributed by atoms with Gasteiger partial charge in [0.25, 0.3) is 0 Å². The third-order valence-corrected chi connectivity index (χ3v) is 2.78. The van der Waals surface area contributed by atoms with Gasteiger partial charge < -0.3 is 15.4 Å². The molecule has 2 aromatic rings. The number of hydrogen-bond donors (Lipinski definition) is 2. The van der Waals surface area contributed by atoms with Crippen molar-refractivity contribution in [2.45, 2.75) is 13.8 Å². The number of nitrogens with zero attached hydrogens (tertiary/aromatic N) is 3. The van der Waals surface area contributed by atoms with E-state index in [2.05, 4.69) is 20.6 Å². The molecule has 7 heteroatoms. The number of benzene rings is 1. The van der Waals surface area contributed by atoms with Crippen molar-refractivity contribution in [3.8, 4) is 11.8 Å². The molecule has 0 bridgehead atoms. The lowest BCUT2D eigenvalue weighted by molar-refractivity contribution is -0.114. The summed E-state index contributed by atoms with van der Waals surface area (Å²) in [5.74, 6) is 1.66. The predicted molar refractivity (Wildman–Crippen MR) is 86.2 cm³/mol. The average Bonchev–Trinajstić information content (AvgIpc) is 2.51. The van der Waals surface area contributed by atoms with Gasteiger partial charge in [0.15, 0.2) is 0 Å². The molecular formula is C16H17N5O2. The normalized spacial score (nSPS) is 9.78. The Kier molecular flexibility index (Phi) is 5.47. The van der Waals surface area contributed by atoms with Crippen LogP contribution < -0.4 is 15.4 Å². The van der Waals surface area contributed by atoms with Crippen molar-refractivity contribution in [1.82, 2.24) is 9.97 Å². The number of hydrogen-bond acceptors (Lipinski definition) is 6. The zero-order valence-electron chi connectivity index (χ0n) is 13.0. The summed E-state index contributed by atoms with van der Waals surface area (Å²) in [6.45, 7) is 4.12. The van der Waals surface area contributed by atoms with Gasteiger partial charge in [-0.3, -0.25) is 4.79 Å². The van der Waals surface area contributed by atoms with Crippen molar-refractivity contribution in [3.63, 3.8) is 0 Å². The van der Waals surface area contributed by atoms with E-state index in [1.54, 1.807) is 31.2 Å². The van der Waals surface area contributed by atoms with Gasteiger partial charge in [-0.2, -0.15) is 5.26 Å². The van der Waals surface area contributed by atoms with Gasteiger partial charge in [0.2, 0.25) is 5.91 Å². The second kappa shape index (κ2) is 7.75. The molecule has 0 spiro atoms. The van der Waals surface area contributed by atoms with Crippen molar-refractivity contribution < 1.29 is 9.53 Å². The van der Waals surface area contributed by atoms with E-state index in [1.165, 1.54) is 6.92 Å². The average molecular weight is 311 g/mol. The zero-order chi connectivity index (χ0) is 16.7. The molecular weight excluding hydrogens is 294 g/mol. The number of ether oxygens (including phenoxy) is 1. The molecule has 1 aromatic carbocycles. The summed E-state index contributed by atoms with van der Waals surface area (Å²) in [5.41, 5.74) is 1.01. The quantitative estimate of drug-likeness (QED) is 0.793. The van der Waals surface area contributed by atoms with E-state index in [4.69, 9.17) is 10.00 Å². The van der Waals surface area contributed by atoms with Crippen LogP contribution >= 0.6 is 0 Å². The first-order valence-corrected chi connectivity index (χ1v) is 7.07. The molecule has 0 fully saturated rings. The fraction of sp³-hybridized carbons (Fsp3) is 0.250. The Balaban J connectivity index is 1.85. The number of nitriles is 1. The van der Waals surface area contributed by atoms with Gasteiger partial charge in [0, 0.05) is 24.7 Å². The Bertz CT molecular complexity index is 739. The summed E-state index contributed by atoms with van der Waals surface area (Å²) in [5, 5.41) is 14.7. The van der Waals surface area contributed by atoms with Gasteiger partial charge in [-0.15, -0.1) is 0 Å². The molecule has 2 rings (SSSR count). The Morgan fingerprint density at radius 1 is 1.35 bits per heavy atom. The first kappa shape index (κ1) is 16.2. The number of carbonyl (C=O) groups excluding carboxylic acids is 1. The number of aryl methyl sites for hydroxylation is 1. The number of rotatable bonds is 6. The Morgan fingerprint density at radius 3 is 2.91 bits per heavy atom. The van der Waals surface area contributed by atoms with Crippen LogP contribution in [0, 0.1) is 18.3 Å². The van der Waals surface area contributed by atoms with E-state index < -0.39 is 0 Å². The maximum atomic E-state index is 11.0. The van der Waals surface area contributed by atoms with Gasteiger partial charge in [0.05, 0.1) is 6.54 Å². The lowest BCUT2D eigenvalue weighted by Gasteiger charge is -2.10. The molecule has 0 saturated carbocycles. The highest BCUT2D eigenvalue weighted by atomic mass is 16.5. The van der Waals surface area contributed by atoms with E-state index in [9.17, 15) is 4.79 Å². The van der Waals surface area contributed by atoms with Crippen LogP contribution in [0.15, 0.2) is 30.3 Å². The maximum Gasteiger partial charge on any atom is 0.221 e.